The molecule has 31 heavy (non-hydrogen) atoms. The van der Waals surface area contributed by atoms with E-state index in [1.165, 1.54) is 4.57 Å². The third-order valence-electron chi connectivity index (χ3n) is 5.24. The second-order valence-corrected chi connectivity index (χ2v) is 7.84. The largest absolute Gasteiger partial charge is 0.495 e. The van der Waals surface area contributed by atoms with Crippen LogP contribution in [0.25, 0.3) is 5.69 Å². The van der Waals surface area contributed by atoms with E-state index >= 15 is 0 Å². The van der Waals surface area contributed by atoms with E-state index in [1.807, 2.05) is 12.1 Å². The highest BCUT2D eigenvalue weighted by Gasteiger charge is 2.27. The van der Waals surface area contributed by atoms with Crippen molar-refractivity contribution >= 4 is 35.1 Å². The van der Waals surface area contributed by atoms with Gasteiger partial charge in [-0.05, 0) is 36.8 Å². The van der Waals surface area contributed by atoms with Gasteiger partial charge in [0, 0.05) is 24.7 Å². The first-order chi connectivity index (χ1) is 14.9. The van der Waals surface area contributed by atoms with Crippen LogP contribution in [0.4, 0.5) is 5.95 Å². The Balaban J connectivity index is 1.73. The average molecular weight is 459 g/mol. The number of amides is 1. The molecule has 160 valence electrons. The molecule has 1 aliphatic heterocycles. The molecule has 1 aromatic heterocycles. The van der Waals surface area contributed by atoms with E-state index in [2.05, 4.69) is 10.3 Å². The maximum atomic E-state index is 13.4. The van der Waals surface area contributed by atoms with Crippen molar-refractivity contribution in [3.05, 3.63) is 79.7 Å². The lowest BCUT2D eigenvalue weighted by atomic mass is 10.0. The number of benzene rings is 2. The van der Waals surface area contributed by atoms with Gasteiger partial charge in [0.15, 0.2) is 0 Å². The molecule has 1 amide bonds. The van der Waals surface area contributed by atoms with E-state index in [1.54, 1.807) is 49.4 Å². The molecule has 3 aromatic rings. The third kappa shape index (κ3) is 3.86. The number of nitrogens with one attached hydrogen (secondary N) is 1. The summed E-state index contributed by atoms with van der Waals surface area (Å²) in [5.41, 5.74) is 2.02. The highest BCUT2D eigenvalue weighted by atomic mass is 35.5. The number of nitrogens with zero attached hydrogens (tertiary/aromatic N) is 3. The lowest BCUT2D eigenvalue weighted by molar-refractivity contribution is 0.0731. The Morgan fingerprint density at radius 3 is 2.65 bits per heavy atom. The number of para-hydroxylation sites is 2. The molecule has 0 atom stereocenters. The number of anilines is 1. The smallest absolute Gasteiger partial charge is 0.263 e. The fourth-order valence-electron chi connectivity index (χ4n) is 3.68. The normalized spacial score (nSPS) is 13.0. The number of carbonyl (C=O) groups is 1. The zero-order valence-corrected chi connectivity index (χ0v) is 18.5. The minimum Gasteiger partial charge on any atom is -0.495 e. The summed E-state index contributed by atoms with van der Waals surface area (Å²) in [6, 6.07) is 12.0. The van der Waals surface area contributed by atoms with Gasteiger partial charge in [0.25, 0.3) is 11.5 Å². The topological polar surface area (TPSA) is 76.5 Å². The van der Waals surface area contributed by atoms with E-state index in [9.17, 15) is 9.59 Å². The number of ether oxygens (including phenoxy) is 1. The van der Waals surface area contributed by atoms with Gasteiger partial charge in [0.05, 0.1) is 35.1 Å². The molecule has 0 unspecified atom stereocenters. The van der Waals surface area contributed by atoms with Crippen LogP contribution in [0.15, 0.2) is 47.3 Å². The van der Waals surface area contributed by atoms with Crippen LogP contribution in [0, 0.1) is 0 Å². The van der Waals surface area contributed by atoms with Crippen molar-refractivity contribution in [2.24, 2.45) is 0 Å². The van der Waals surface area contributed by atoms with Crippen molar-refractivity contribution in [3.63, 3.8) is 0 Å². The second-order valence-electron chi connectivity index (χ2n) is 7.03. The van der Waals surface area contributed by atoms with Gasteiger partial charge < -0.3 is 15.0 Å². The maximum Gasteiger partial charge on any atom is 0.263 e. The highest BCUT2D eigenvalue weighted by molar-refractivity contribution is 6.42. The number of methoxy groups -OCH3 is 1. The van der Waals surface area contributed by atoms with Crippen LogP contribution in [-0.2, 0) is 13.0 Å². The summed E-state index contributed by atoms with van der Waals surface area (Å²) in [6.07, 6.45) is 0.396. The zero-order valence-electron chi connectivity index (χ0n) is 17.0. The predicted molar refractivity (Wildman–Crippen MR) is 121 cm³/mol. The van der Waals surface area contributed by atoms with E-state index in [0.29, 0.717) is 57.2 Å². The van der Waals surface area contributed by atoms with Crippen LogP contribution in [0.5, 0.6) is 5.75 Å². The zero-order chi connectivity index (χ0) is 22.1. The molecule has 0 radical (unpaired) electrons. The summed E-state index contributed by atoms with van der Waals surface area (Å²) in [5.74, 6) is 0.748. The first kappa shape index (κ1) is 21.2. The van der Waals surface area contributed by atoms with Crippen LogP contribution in [-0.4, -0.2) is 41.1 Å². The average Bonchev–Trinajstić information content (AvgIpc) is 2.79. The van der Waals surface area contributed by atoms with Crippen molar-refractivity contribution in [2.45, 2.75) is 13.0 Å². The Bertz CT molecular complexity index is 1230. The van der Waals surface area contributed by atoms with Crippen molar-refractivity contribution < 1.29 is 9.53 Å². The molecule has 0 fully saturated rings. The number of hydrogen-bond acceptors (Lipinski definition) is 5. The Morgan fingerprint density at radius 1 is 1.16 bits per heavy atom. The molecule has 7 nitrogen and oxygen atoms in total. The van der Waals surface area contributed by atoms with Gasteiger partial charge in [-0.3, -0.25) is 9.59 Å². The van der Waals surface area contributed by atoms with Crippen LogP contribution >= 0.6 is 23.2 Å². The van der Waals surface area contributed by atoms with Gasteiger partial charge in [-0.1, -0.05) is 35.3 Å². The summed E-state index contributed by atoms with van der Waals surface area (Å²) in [4.78, 5) is 32.7. The van der Waals surface area contributed by atoms with Crippen molar-refractivity contribution in [1.29, 1.82) is 0 Å². The lowest BCUT2D eigenvalue weighted by Gasteiger charge is -2.29. The molecule has 4 rings (SSSR count). The van der Waals surface area contributed by atoms with E-state index in [-0.39, 0.29) is 18.0 Å². The molecule has 1 aliphatic rings. The van der Waals surface area contributed by atoms with Gasteiger partial charge in [0.2, 0.25) is 5.95 Å². The Kier molecular flexibility index (Phi) is 5.89. The Labute approximate surface area is 189 Å². The van der Waals surface area contributed by atoms with Gasteiger partial charge >= 0.3 is 0 Å². The summed E-state index contributed by atoms with van der Waals surface area (Å²) < 4.78 is 6.93. The van der Waals surface area contributed by atoms with E-state index in [4.69, 9.17) is 27.9 Å². The van der Waals surface area contributed by atoms with Gasteiger partial charge in [-0.15, -0.1) is 0 Å². The van der Waals surface area contributed by atoms with Crippen molar-refractivity contribution in [3.8, 4) is 11.4 Å². The number of hydrogen-bond donors (Lipinski definition) is 1. The summed E-state index contributed by atoms with van der Waals surface area (Å²) in [6.45, 7) is 0.624. The maximum absolute atomic E-state index is 13.4. The first-order valence-electron chi connectivity index (χ1n) is 9.65. The Hall–Kier alpha value is -3.03. The lowest BCUT2D eigenvalue weighted by Crippen LogP contribution is -2.40. The molecule has 9 heteroatoms. The monoisotopic (exact) mass is 458 g/mol. The molecule has 2 aromatic carbocycles. The van der Waals surface area contributed by atoms with Crippen LogP contribution in [0.2, 0.25) is 10.0 Å². The number of carbonyl (C=O) groups excluding carboxylic acids is 1. The standard InChI is InChI=1S/C22H20Cl2N4O3/c1-25-22-26-17-12-27(20(29)13-7-8-15(23)16(24)11-13)10-9-14(17)21(30)28(22)18-5-3-4-6-19(18)31-2/h3-8,11H,9-10,12H2,1-2H3,(H,25,26). The van der Waals surface area contributed by atoms with Gasteiger partial charge in [-0.2, -0.15) is 0 Å². The minimum absolute atomic E-state index is 0.180. The number of aromatic nitrogens is 2. The molecule has 2 heterocycles. The molecular weight excluding hydrogens is 439 g/mol. The fourth-order valence-corrected chi connectivity index (χ4v) is 3.98. The molecule has 0 saturated heterocycles. The van der Waals surface area contributed by atoms with Gasteiger partial charge in [-0.25, -0.2) is 9.55 Å². The van der Waals surface area contributed by atoms with Crippen LogP contribution < -0.4 is 15.6 Å². The fraction of sp³-hybridized carbons (Fsp3) is 0.227. The quantitative estimate of drug-likeness (QED) is 0.643. The highest BCUT2D eigenvalue weighted by Crippen LogP contribution is 2.27. The number of halogens is 2. The van der Waals surface area contributed by atoms with Crippen molar-refractivity contribution in [1.82, 2.24) is 14.5 Å². The SMILES string of the molecule is CNc1nc2c(c(=O)n1-c1ccccc1OC)CCN(C(=O)c1ccc(Cl)c(Cl)c1)C2. The van der Waals surface area contributed by atoms with Crippen molar-refractivity contribution in [2.75, 3.05) is 26.0 Å². The minimum atomic E-state index is -0.189. The Morgan fingerprint density at radius 2 is 1.94 bits per heavy atom. The number of fused-ring (bicyclic) bond motifs is 1. The van der Waals surface area contributed by atoms with Crippen LogP contribution in [0.3, 0.4) is 0 Å². The second kappa shape index (κ2) is 8.61. The molecular formula is C22H20Cl2N4O3. The summed E-state index contributed by atoms with van der Waals surface area (Å²) in [5, 5.41) is 3.69. The molecule has 0 bridgehead atoms. The number of rotatable bonds is 4. The predicted octanol–water partition coefficient (Wildman–Crippen LogP) is 3.79. The molecule has 0 saturated carbocycles. The van der Waals surface area contributed by atoms with Crippen LogP contribution in [0.1, 0.15) is 21.6 Å². The van der Waals surface area contributed by atoms with E-state index < -0.39 is 0 Å². The molecule has 1 N–H and O–H groups in total. The molecule has 0 aliphatic carbocycles. The first-order valence-corrected chi connectivity index (χ1v) is 10.4. The molecule has 0 spiro atoms. The third-order valence-corrected chi connectivity index (χ3v) is 5.98. The summed E-state index contributed by atoms with van der Waals surface area (Å²) >= 11 is 12.0. The summed E-state index contributed by atoms with van der Waals surface area (Å²) in [7, 11) is 3.25. The van der Waals surface area contributed by atoms with Gasteiger partial charge in [0.1, 0.15) is 5.75 Å². The van der Waals surface area contributed by atoms with E-state index in [0.717, 1.165) is 0 Å².